The van der Waals surface area contributed by atoms with Gasteiger partial charge in [-0.3, -0.25) is 14.7 Å². The number of carbonyl (C=O) groups excluding carboxylic acids is 1. The number of aromatic nitrogens is 5. The number of nitrogens with zero attached hydrogens (tertiary/aromatic N) is 7. The number of halogens is 2. The predicted octanol–water partition coefficient (Wildman–Crippen LogP) is 5.15. The van der Waals surface area contributed by atoms with Crippen molar-refractivity contribution in [3.8, 4) is 0 Å². The molecule has 3 aliphatic rings. The van der Waals surface area contributed by atoms with E-state index in [1.165, 1.54) is 17.4 Å². The third-order valence-electron chi connectivity index (χ3n) is 9.10. The fourth-order valence-electron chi connectivity index (χ4n) is 6.58. The van der Waals surface area contributed by atoms with E-state index in [9.17, 15) is 13.6 Å². The molecule has 1 saturated carbocycles. The number of amides is 1. The number of alkyl halides is 2. The normalized spacial score (nSPS) is 21.2. The first-order valence-electron chi connectivity index (χ1n) is 14.8. The minimum absolute atomic E-state index is 0.00892. The van der Waals surface area contributed by atoms with Gasteiger partial charge in [0.1, 0.15) is 5.69 Å². The largest absolute Gasteiger partial charge is 0.355 e. The predicted molar refractivity (Wildman–Crippen MR) is 158 cm³/mol. The molecule has 1 amide bonds. The number of carbonyl (C=O) groups is 1. The van der Waals surface area contributed by atoms with Gasteiger partial charge < -0.3 is 15.5 Å². The molecule has 3 aromatic heterocycles. The average molecular weight is 598 g/mol. The molecular formula is C29H37F2N9OS. The van der Waals surface area contributed by atoms with Crippen molar-refractivity contribution in [3.63, 3.8) is 0 Å². The van der Waals surface area contributed by atoms with Gasteiger partial charge in [-0.1, -0.05) is 17.4 Å². The number of likely N-dealkylation sites (tertiary alicyclic amines) is 1. The third kappa shape index (κ3) is 7.17. The van der Waals surface area contributed by atoms with Crippen LogP contribution < -0.4 is 15.5 Å². The number of hydrogen-bond donors (Lipinski definition) is 2. The first kappa shape index (κ1) is 28.8. The Morgan fingerprint density at radius 1 is 1.02 bits per heavy atom. The zero-order valence-corrected chi connectivity index (χ0v) is 24.4. The van der Waals surface area contributed by atoms with Crippen molar-refractivity contribution in [1.29, 1.82) is 0 Å². The summed E-state index contributed by atoms with van der Waals surface area (Å²) in [5.41, 5.74) is 1.18. The van der Waals surface area contributed by atoms with E-state index in [2.05, 4.69) is 45.8 Å². The molecule has 0 radical (unpaired) electrons. The van der Waals surface area contributed by atoms with Crippen LogP contribution in [0.25, 0.3) is 0 Å². The molecule has 13 heteroatoms. The van der Waals surface area contributed by atoms with Crippen LogP contribution in [0.2, 0.25) is 0 Å². The van der Waals surface area contributed by atoms with Crippen LogP contribution in [0.15, 0.2) is 36.7 Å². The summed E-state index contributed by atoms with van der Waals surface area (Å²) in [6.07, 6.45) is 8.94. The molecule has 2 saturated heterocycles. The highest BCUT2D eigenvalue weighted by atomic mass is 32.1. The Balaban J connectivity index is 0.898. The van der Waals surface area contributed by atoms with Crippen molar-refractivity contribution < 1.29 is 13.6 Å². The van der Waals surface area contributed by atoms with Gasteiger partial charge in [0.05, 0.1) is 0 Å². The van der Waals surface area contributed by atoms with Gasteiger partial charge >= 0.3 is 0 Å². The molecule has 0 aromatic carbocycles. The molecule has 2 N–H and O–H groups in total. The van der Waals surface area contributed by atoms with Gasteiger partial charge in [-0.15, -0.1) is 15.3 Å². The third-order valence-corrected chi connectivity index (χ3v) is 9.87. The van der Waals surface area contributed by atoms with Crippen LogP contribution in [0, 0.1) is 11.3 Å². The Kier molecular flexibility index (Phi) is 8.84. The fraction of sp³-hybridized carbons (Fsp3) is 0.586. The Morgan fingerprint density at radius 3 is 2.55 bits per heavy atom. The maximum atomic E-state index is 12.8. The van der Waals surface area contributed by atoms with Gasteiger partial charge in [0.15, 0.2) is 5.82 Å². The van der Waals surface area contributed by atoms with E-state index >= 15 is 0 Å². The molecule has 6 rings (SSSR count). The van der Waals surface area contributed by atoms with E-state index in [0.29, 0.717) is 28.0 Å². The van der Waals surface area contributed by atoms with E-state index in [-0.39, 0.29) is 17.6 Å². The number of nitrogens with one attached hydrogen (secondary N) is 2. The van der Waals surface area contributed by atoms with Crippen LogP contribution in [0.3, 0.4) is 0 Å². The van der Waals surface area contributed by atoms with E-state index < -0.39 is 6.43 Å². The maximum Gasteiger partial charge on any atom is 0.280 e. The summed E-state index contributed by atoms with van der Waals surface area (Å²) < 4.78 is 25.5. The SMILES string of the molecule is O=C(CC1CCC2(CC1)CCN(Cc1ccc(C(F)F)nc1)CC2)Nc1nnc(N[C@@H]2CCN(c3cccnn3)C2)s1. The van der Waals surface area contributed by atoms with Gasteiger partial charge in [-0.05, 0) is 93.1 Å². The van der Waals surface area contributed by atoms with Crippen molar-refractivity contribution in [2.75, 3.05) is 41.7 Å². The van der Waals surface area contributed by atoms with E-state index in [1.807, 2.05) is 12.1 Å². The number of piperidine rings is 1. The minimum atomic E-state index is -2.53. The Morgan fingerprint density at radius 2 is 1.83 bits per heavy atom. The number of rotatable bonds is 9. The van der Waals surface area contributed by atoms with Crippen molar-refractivity contribution in [3.05, 3.63) is 47.9 Å². The first-order valence-corrected chi connectivity index (χ1v) is 15.6. The molecule has 3 fully saturated rings. The molecule has 5 heterocycles. The first-order chi connectivity index (χ1) is 20.4. The topological polar surface area (TPSA) is 112 Å². The molecule has 1 aliphatic carbocycles. The second-order valence-corrected chi connectivity index (χ2v) is 12.9. The lowest BCUT2D eigenvalue weighted by Gasteiger charge is -2.46. The molecule has 224 valence electrons. The second kappa shape index (κ2) is 12.9. The van der Waals surface area contributed by atoms with Crippen LogP contribution in [-0.4, -0.2) is 68.4 Å². The van der Waals surface area contributed by atoms with Crippen LogP contribution in [-0.2, 0) is 11.3 Å². The number of anilines is 3. The lowest BCUT2D eigenvalue weighted by Crippen LogP contribution is -2.41. The van der Waals surface area contributed by atoms with E-state index in [1.54, 1.807) is 18.5 Å². The zero-order valence-electron chi connectivity index (χ0n) is 23.6. The highest BCUT2D eigenvalue weighted by molar-refractivity contribution is 7.19. The van der Waals surface area contributed by atoms with Crippen molar-refractivity contribution in [2.45, 2.75) is 70.4 Å². The summed E-state index contributed by atoms with van der Waals surface area (Å²) in [7, 11) is 0. The standard InChI is InChI=1S/C29H37F2N9OS/c30-26(31)23-4-3-21(17-32-23)18-39-14-10-29(11-15-39)8-5-20(6-9-29)16-25(41)35-28-38-37-27(42-28)34-22-7-13-40(19-22)24-2-1-12-33-36-24/h1-4,12,17,20,22,26H,5-11,13-16,18-19H2,(H,34,37)(H,35,38,41)/t22-/m1/s1. The van der Waals surface area contributed by atoms with Gasteiger partial charge in [-0.25, -0.2) is 8.78 Å². The van der Waals surface area contributed by atoms with Crippen LogP contribution in [0.1, 0.15) is 69.0 Å². The molecular weight excluding hydrogens is 560 g/mol. The summed E-state index contributed by atoms with van der Waals surface area (Å²) in [5.74, 6) is 1.28. The van der Waals surface area contributed by atoms with Gasteiger partial charge in [-0.2, -0.15) is 5.10 Å². The van der Waals surface area contributed by atoms with Crippen LogP contribution in [0.4, 0.5) is 24.9 Å². The van der Waals surface area contributed by atoms with Crippen molar-refractivity contribution in [1.82, 2.24) is 30.3 Å². The number of pyridine rings is 1. The molecule has 10 nitrogen and oxygen atoms in total. The minimum Gasteiger partial charge on any atom is -0.355 e. The molecule has 0 unspecified atom stereocenters. The van der Waals surface area contributed by atoms with Gasteiger partial charge in [0, 0.05) is 44.5 Å². The molecule has 3 aromatic rings. The fourth-order valence-corrected chi connectivity index (χ4v) is 7.32. The number of hydrogen-bond acceptors (Lipinski definition) is 10. The summed E-state index contributed by atoms with van der Waals surface area (Å²) in [4.78, 5) is 21.3. The lowest BCUT2D eigenvalue weighted by atomic mass is 9.65. The summed E-state index contributed by atoms with van der Waals surface area (Å²) in [6, 6.07) is 7.28. The zero-order chi connectivity index (χ0) is 28.9. The monoisotopic (exact) mass is 597 g/mol. The van der Waals surface area contributed by atoms with Gasteiger partial charge in [0.2, 0.25) is 16.2 Å². The van der Waals surface area contributed by atoms with Crippen LogP contribution in [0.5, 0.6) is 0 Å². The van der Waals surface area contributed by atoms with Gasteiger partial charge in [0.25, 0.3) is 6.43 Å². The Labute approximate surface area is 248 Å². The molecule has 2 aliphatic heterocycles. The smallest absolute Gasteiger partial charge is 0.280 e. The molecule has 0 bridgehead atoms. The Bertz CT molecular complexity index is 1310. The second-order valence-electron chi connectivity index (χ2n) is 11.9. The van der Waals surface area contributed by atoms with E-state index in [0.717, 1.165) is 89.1 Å². The lowest BCUT2D eigenvalue weighted by molar-refractivity contribution is -0.117. The highest BCUT2D eigenvalue weighted by Crippen LogP contribution is 2.47. The van der Waals surface area contributed by atoms with E-state index in [4.69, 9.17) is 0 Å². The average Bonchev–Trinajstić information content (AvgIpc) is 3.66. The van der Waals surface area contributed by atoms with Crippen LogP contribution >= 0.6 is 11.3 Å². The summed E-state index contributed by atoms with van der Waals surface area (Å²) in [5, 5.41) is 24.2. The highest BCUT2D eigenvalue weighted by Gasteiger charge is 2.38. The summed E-state index contributed by atoms with van der Waals surface area (Å²) in [6.45, 7) is 4.48. The quantitative estimate of drug-likeness (QED) is 0.346. The van der Waals surface area contributed by atoms with Crippen molar-refractivity contribution >= 4 is 33.3 Å². The maximum absolute atomic E-state index is 12.8. The Hall–Kier alpha value is -3.32. The molecule has 1 spiro atoms. The van der Waals surface area contributed by atoms with Crippen molar-refractivity contribution in [2.24, 2.45) is 11.3 Å². The molecule has 42 heavy (non-hydrogen) atoms. The summed E-state index contributed by atoms with van der Waals surface area (Å²) >= 11 is 1.37. The molecule has 1 atom stereocenters.